The van der Waals surface area contributed by atoms with E-state index in [1.165, 1.54) is 4.68 Å². The van der Waals surface area contributed by atoms with Crippen LogP contribution in [-0.4, -0.2) is 31.0 Å². The van der Waals surface area contributed by atoms with E-state index in [4.69, 9.17) is 16.1 Å². The number of carbonyl (C=O) groups is 1. The molecule has 0 unspecified atom stereocenters. The molecule has 0 bridgehead atoms. The van der Waals surface area contributed by atoms with Crippen LogP contribution in [0.15, 0.2) is 53.2 Å². The highest BCUT2D eigenvalue weighted by Crippen LogP contribution is 2.27. The molecule has 3 heterocycles. The Kier molecular flexibility index (Phi) is 5.09. The molecule has 0 saturated heterocycles. The minimum absolute atomic E-state index is 0.185. The standard InChI is InChI=1S/C20H17ClN6O2/c1-12-7-8-18(13(2)23-12)27-11-17(24-26-27)20(28)22-10-14-9-19(29-25-14)15-5-3-4-6-16(15)21/h3-9,11H,10H2,1-2H3,(H,22,28). The van der Waals surface area contributed by atoms with Gasteiger partial charge in [0.15, 0.2) is 11.5 Å². The third-order valence-corrected chi connectivity index (χ3v) is 4.63. The van der Waals surface area contributed by atoms with Crippen molar-refractivity contribution in [1.82, 2.24) is 30.5 Å². The number of pyridine rings is 1. The lowest BCUT2D eigenvalue weighted by Gasteiger charge is -2.04. The summed E-state index contributed by atoms with van der Waals surface area (Å²) in [4.78, 5) is 16.8. The van der Waals surface area contributed by atoms with Crippen molar-refractivity contribution in [3.05, 3.63) is 76.5 Å². The molecule has 1 N–H and O–H groups in total. The van der Waals surface area contributed by atoms with Crippen molar-refractivity contribution in [3.63, 3.8) is 0 Å². The van der Waals surface area contributed by atoms with E-state index in [0.717, 1.165) is 22.6 Å². The minimum Gasteiger partial charge on any atom is -0.356 e. The molecule has 0 saturated carbocycles. The van der Waals surface area contributed by atoms with E-state index in [9.17, 15) is 4.79 Å². The SMILES string of the molecule is Cc1ccc(-n2cc(C(=O)NCc3cc(-c4ccccc4Cl)on3)nn2)c(C)n1. The zero-order valence-corrected chi connectivity index (χ0v) is 16.5. The summed E-state index contributed by atoms with van der Waals surface area (Å²) in [7, 11) is 0. The van der Waals surface area contributed by atoms with Crippen molar-refractivity contribution in [1.29, 1.82) is 0 Å². The average Bonchev–Trinajstić information content (AvgIpc) is 3.36. The first kappa shape index (κ1) is 18.8. The second kappa shape index (κ2) is 7.84. The Morgan fingerprint density at radius 3 is 2.83 bits per heavy atom. The summed E-state index contributed by atoms with van der Waals surface area (Å²) in [6.07, 6.45) is 1.56. The molecule has 146 valence electrons. The first-order valence-electron chi connectivity index (χ1n) is 8.87. The van der Waals surface area contributed by atoms with E-state index in [-0.39, 0.29) is 18.1 Å². The van der Waals surface area contributed by atoms with Gasteiger partial charge in [-0.05, 0) is 38.1 Å². The highest BCUT2D eigenvalue weighted by molar-refractivity contribution is 6.33. The van der Waals surface area contributed by atoms with Crippen molar-refractivity contribution in [2.24, 2.45) is 0 Å². The summed E-state index contributed by atoms with van der Waals surface area (Å²) < 4.78 is 6.86. The Morgan fingerprint density at radius 1 is 1.21 bits per heavy atom. The second-order valence-electron chi connectivity index (χ2n) is 6.45. The lowest BCUT2D eigenvalue weighted by Crippen LogP contribution is -2.23. The molecule has 0 aliphatic carbocycles. The normalized spacial score (nSPS) is 10.9. The van der Waals surface area contributed by atoms with Crippen molar-refractivity contribution >= 4 is 17.5 Å². The van der Waals surface area contributed by atoms with Gasteiger partial charge in [0, 0.05) is 17.3 Å². The first-order valence-corrected chi connectivity index (χ1v) is 9.25. The third kappa shape index (κ3) is 4.02. The van der Waals surface area contributed by atoms with Crippen LogP contribution in [0.25, 0.3) is 17.0 Å². The fourth-order valence-electron chi connectivity index (χ4n) is 2.85. The van der Waals surface area contributed by atoms with Crippen molar-refractivity contribution in [2.45, 2.75) is 20.4 Å². The number of hydrogen-bond acceptors (Lipinski definition) is 6. The molecule has 1 aromatic carbocycles. The predicted molar refractivity (Wildman–Crippen MR) is 107 cm³/mol. The van der Waals surface area contributed by atoms with Crippen molar-refractivity contribution in [2.75, 3.05) is 0 Å². The number of hydrogen-bond donors (Lipinski definition) is 1. The predicted octanol–water partition coefficient (Wildman–Crippen LogP) is 3.52. The maximum atomic E-state index is 12.4. The van der Waals surface area contributed by atoms with E-state index < -0.39 is 0 Å². The topological polar surface area (TPSA) is 98.7 Å². The van der Waals surface area contributed by atoms with E-state index >= 15 is 0 Å². The molecule has 0 aliphatic rings. The van der Waals surface area contributed by atoms with Gasteiger partial charge < -0.3 is 9.84 Å². The van der Waals surface area contributed by atoms with Gasteiger partial charge in [0.25, 0.3) is 5.91 Å². The van der Waals surface area contributed by atoms with Crippen LogP contribution in [0, 0.1) is 13.8 Å². The van der Waals surface area contributed by atoms with Gasteiger partial charge in [-0.1, -0.05) is 34.1 Å². The van der Waals surface area contributed by atoms with Crippen molar-refractivity contribution < 1.29 is 9.32 Å². The fourth-order valence-corrected chi connectivity index (χ4v) is 3.08. The lowest BCUT2D eigenvalue weighted by molar-refractivity contribution is 0.0945. The molecule has 29 heavy (non-hydrogen) atoms. The summed E-state index contributed by atoms with van der Waals surface area (Å²) in [5.41, 5.74) is 3.98. The number of aryl methyl sites for hydroxylation is 2. The second-order valence-corrected chi connectivity index (χ2v) is 6.86. The summed E-state index contributed by atoms with van der Waals surface area (Å²) in [6.45, 7) is 3.98. The summed E-state index contributed by atoms with van der Waals surface area (Å²) in [5.74, 6) is 0.171. The van der Waals surface area contributed by atoms with E-state index in [0.29, 0.717) is 16.5 Å². The Hall–Kier alpha value is -3.52. The summed E-state index contributed by atoms with van der Waals surface area (Å²) in [6, 6.07) is 12.8. The molecule has 9 heteroatoms. The molecule has 0 fully saturated rings. The lowest BCUT2D eigenvalue weighted by atomic mass is 10.1. The van der Waals surface area contributed by atoms with Crippen LogP contribution in [0.5, 0.6) is 0 Å². The highest BCUT2D eigenvalue weighted by atomic mass is 35.5. The van der Waals surface area contributed by atoms with Crippen molar-refractivity contribution in [3.8, 4) is 17.0 Å². The number of halogens is 1. The van der Waals surface area contributed by atoms with Crippen LogP contribution in [0.3, 0.4) is 0 Å². The molecule has 0 spiro atoms. The molecule has 3 aromatic heterocycles. The quantitative estimate of drug-likeness (QED) is 0.542. The summed E-state index contributed by atoms with van der Waals surface area (Å²) in [5, 5.41) is 15.3. The zero-order valence-electron chi connectivity index (χ0n) is 15.8. The van der Waals surface area contributed by atoms with E-state index in [1.807, 2.05) is 44.2 Å². The van der Waals surface area contributed by atoms with Crippen LogP contribution in [-0.2, 0) is 6.54 Å². The largest absolute Gasteiger partial charge is 0.356 e. The maximum Gasteiger partial charge on any atom is 0.273 e. The molecule has 0 aliphatic heterocycles. The van der Waals surface area contributed by atoms with Gasteiger partial charge in [0.2, 0.25) is 0 Å². The van der Waals surface area contributed by atoms with E-state index in [2.05, 4.69) is 25.8 Å². The molecule has 1 amide bonds. The van der Waals surface area contributed by atoms with Crippen LogP contribution >= 0.6 is 11.6 Å². The molecule has 4 rings (SSSR count). The van der Waals surface area contributed by atoms with Crippen LogP contribution < -0.4 is 5.32 Å². The van der Waals surface area contributed by atoms with Gasteiger partial charge in [-0.3, -0.25) is 9.78 Å². The van der Waals surface area contributed by atoms with Gasteiger partial charge in [-0.15, -0.1) is 5.10 Å². The Labute approximate surface area is 171 Å². The van der Waals surface area contributed by atoms with Gasteiger partial charge in [0.1, 0.15) is 5.69 Å². The number of benzene rings is 1. The third-order valence-electron chi connectivity index (χ3n) is 4.30. The number of nitrogens with one attached hydrogen (secondary N) is 1. The average molecular weight is 409 g/mol. The monoisotopic (exact) mass is 408 g/mol. The van der Waals surface area contributed by atoms with E-state index in [1.54, 1.807) is 18.3 Å². The number of aromatic nitrogens is 5. The van der Waals surface area contributed by atoms with Gasteiger partial charge >= 0.3 is 0 Å². The Balaban J connectivity index is 1.43. The molecule has 0 atom stereocenters. The van der Waals surface area contributed by atoms with Crippen LogP contribution in [0.4, 0.5) is 0 Å². The number of amides is 1. The fraction of sp³-hybridized carbons (Fsp3) is 0.150. The zero-order chi connectivity index (χ0) is 20.4. The van der Waals surface area contributed by atoms with Gasteiger partial charge in [0.05, 0.1) is 29.1 Å². The molecule has 4 aromatic rings. The smallest absolute Gasteiger partial charge is 0.273 e. The van der Waals surface area contributed by atoms with Gasteiger partial charge in [-0.25, -0.2) is 4.68 Å². The highest BCUT2D eigenvalue weighted by Gasteiger charge is 2.15. The molecular weight excluding hydrogens is 392 g/mol. The molecule has 0 radical (unpaired) electrons. The number of rotatable bonds is 5. The van der Waals surface area contributed by atoms with Gasteiger partial charge in [-0.2, -0.15) is 0 Å². The Bertz CT molecular complexity index is 1180. The Morgan fingerprint density at radius 2 is 2.03 bits per heavy atom. The maximum absolute atomic E-state index is 12.4. The van der Waals surface area contributed by atoms with Crippen LogP contribution in [0.2, 0.25) is 5.02 Å². The number of nitrogens with zero attached hydrogens (tertiary/aromatic N) is 5. The number of carbonyl (C=O) groups excluding carboxylic acids is 1. The summed E-state index contributed by atoms with van der Waals surface area (Å²) >= 11 is 6.17. The van der Waals surface area contributed by atoms with Crippen LogP contribution in [0.1, 0.15) is 27.6 Å². The molecule has 8 nitrogen and oxygen atoms in total. The minimum atomic E-state index is -0.365. The first-order chi connectivity index (χ1) is 14.0. The molecular formula is C20H17ClN6O2.